The minimum Gasteiger partial charge on any atom is -0.454 e. The molecule has 1 N–H and O–H groups in total. The van der Waals surface area contributed by atoms with E-state index in [-0.39, 0.29) is 25.7 Å². The second-order valence-corrected chi connectivity index (χ2v) is 7.94. The van der Waals surface area contributed by atoms with Crippen LogP contribution in [0, 0.1) is 5.82 Å². The number of anilines is 2. The summed E-state index contributed by atoms with van der Waals surface area (Å²) in [6.07, 6.45) is 1.49. The average molecular weight is 394 g/mol. The summed E-state index contributed by atoms with van der Waals surface area (Å²) in [5.74, 6) is 0.269. The number of nitrogens with one attached hydrogen (secondary N) is 1. The second-order valence-electron chi connectivity index (χ2n) is 6.03. The van der Waals surface area contributed by atoms with Gasteiger partial charge in [-0.1, -0.05) is 6.07 Å². The highest BCUT2D eigenvalue weighted by atomic mass is 32.2. The Morgan fingerprint density at radius 2 is 1.96 bits per heavy atom. The van der Waals surface area contributed by atoms with Crippen LogP contribution in [-0.2, 0) is 14.8 Å². The Kier molecular flexibility index (Phi) is 5.50. The maximum Gasteiger partial charge on any atom is 0.232 e. The number of ether oxygens (including phenoxy) is 2. The summed E-state index contributed by atoms with van der Waals surface area (Å²) < 4.78 is 49.2. The normalized spacial score (nSPS) is 12.7. The zero-order valence-electron chi connectivity index (χ0n) is 14.6. The van der Waals surface area contributed by atoms with Gasteiger partial charge < -0.3 is 14.8 Å². The number of amides is 1. The Morgan fingerprint density at radius 1 is 1.19 bits per heavy atom. The maximum absolute atomic E-state index is 13.1. The molecule has 0 atom stereocenters. The molecule has 0 radical (unpaired) electrons. The standard InChI is InChI=1S/C18H19FN2O5S/c1-27(23,24)21(15-7-8-16-17(11-15)26-12-25-16)9-3-6-18(22)20-14-5-2-4-13(19)10-14/h2,4-5,7-8,10-11H,3,6,9,12H2,1H3,(H,20,22). The van der Waals surface area contributed by atoms with Gasteiger partial charge in [-0.15, -0.1) is 0 Å². The third kappa shape index (κ3) is 4.88. The molecule has 2 aromatic carbocycles. The Balaban J connectivity index is 1.62. The van der Waals surface area contributed by atoms with Gasteiger partial charge in [-0.2, -0.15) is 0 Å². The van der Waals surface area contributed by atoms with Crippen molar-refractivity contribution in [3.63, 3.8) is 0 Å². The molecule has 0 bridgehead atoms. The van der Waals surface area contributed by atoms with Crippen LogP contribution < -0.4 is 19.1 Å². The fourth-order valence-corrected chi connectivity index (χ4v) is 3.66. The van der Waals surface area contributed by atoms with Crippen molar-refractivity contribution in [2.45, 2.75) is 12.8 Å². The van der Waals surface area contributed by atoms with Crippen molar-refractivity contribution in [2.75, 3.05) is 29.2 Å². The molecule has 1 aliphatic heterocycles. The van der Waals surface area contributed by atoms with Crippen molar-refractivity contribution < 1.29 is 27.1 Å². The molecule has 27 heavy (non-hydrogen) atoms. The second kappa shape index (κ2) is 7.83. The van der Waals surface area contributed by atoms with Crippen LogP contribution in [0.2, 0.25) is 0 Å². The van der Waals surface area contributed by atoms with E-state index in [4.69, 9.17) is 9.47 Å². The van der Waals surface area contributed by atoms with Crippen molar-refractivity contribution in [1.82, 2.24) is 0 Å². The van der Waals surface area contributed by atoms with Gasteiger partial charge in [0.1, 0.15) is 5.82 Å². The topological polar surface area (TPSA) is 84.9 Å². The van der Waals surface area contributed by atoms with Gasteiger partial charge >= 0.3 is 0 Å². The van der Waals surface area contributed by atoms with Crippen LogP contribution in [0.5, 0.6) is 11.5 Å². The van der Waals surface area contributed by atoms with E-state index < -0.39 is 15.8 Å². The highest BCUT2D eigenvalue weighted by Crippen LogP contribution is 2.36. The number of sulfonamides is 1. The van der Waals surface area contributed by atoms with Crippen LogP contribution in [0.4, 0.5) is 15.8 Å². The molecular weight excluding hydrogens is 375 g/mol. The van der Waals surface area contributed by atoms with E-state index in [9.17, 15) is 17.6 Å². The number of fused-ring (bicyclic) bond motifs is 1. The van der Waals surface area contributed by atoms with Crippen LogP contribution >= 0.6 is 0 Å². The monoisotopic (exact) mass is 394 g/mol. The molecule has 1 heterocycles. The van der Waals surface area contributed by atoms with Crippen molar-refractivity contribution >= 4 is 27.3 Å². The van der Waals surface area contributed by atoms with Crippen LogP contribution in [-0.4, -0.2) is 33.9 Å². The van der Waals surface area contributed by atoms with Gasteiger partial charge in [0.05, 0.1) is 11.9 Å². The van der Waals surface area contributed by atoms with Crippen molar-refractivity contribution in [1.29, 1.82) is 0 Å². The fraction of sp³-hybridized carbons (Fsp3) is 0.278. The summed E-state index contributed by atoms with van der Waals surface area (Å²) in [5, 5.41) is 2.59. The Morgan fingerprint density at radius 3 is 2.70 bits per heavy atom. The summed E-state index contributed by atoms with van der Waals surface area (Å²) in [7, 11) is -3.54. The lowest BCUT2D eigenvalue weighted by Gasteiger charge is -2.22. The molecule has 7 nitrogen and oxygen atoms in total. The molecule has 0 aromatic heterocycles. The molecule has 0 spiro atoms. The molecule has 0 fully saturated rings. The molecule has 144 valence electrons. The van der Waals surface area contributed by atoms with E-state index in [1.165, 1.54) is 22.5 Å². The fourth-order valence-electron chi connectivity index (χ4n) is 2.70. The van der Waals surface area contributed by atoms with E-state index in [0.717, 1.165) is 6.26 Å². The molecule has 1 aliphatic rings. The average Bonchev–Trinajstić information content (AvgIpc) is 3.05. The van der Waals surface area contributed by atoms with Crippen LogP contribution in [0.1, 0.15) is 12.8 Å². The zero-order valence-corrected chi connectivity index (χ0v) is 15.5. The van der Waals surface area contributed by atoms with Crippen LogP contribution in [0.25, 0.3) is 0 Å². The first-order valence-electron chi connectivity index (χ1n) is 8.26. The highest BCUT2D eigenvalue weighted by Gasteiger charge is 2.21. The quantitative estimate of drug-likeness (QED) is 0.781. The number of hydrogen-bond donors (Lipinski definition) is 1. The summed E-state index contributed by atoms with van der Waals surface area (Å²) in [6, 6.07) is 10.4. The van der Waals surface area contributed by atoms with Gasteiger partial charge in [0.25, 0.3) is 0 Å². The molecule has 1 amide bonds. The lowest BCUT2D eigenvalue weighted by Crippen LogP contribution is -2.31. The largest absolute Gasteiger partial charge is 0.454 e. The molecule has 2 aromatic rings. The smallest absolute Gasteiger partial charge is 0.232 e. The lowest BCUT2D eigenvalue weighted by atomic mass is 10.2. The Bertz CT molecular complexity index is 949. The van der Waals surface area contributed by atoms with Gasteiger partial charge in [-0.25, -0.2) is 12.8 Å². The lowest BCUT2D eigenvalue weighted by molar-refractivity contribution is -0.116. The van der Waals surface area contributed by atoms with Gasteiger partial charge in [0.15, 0.2) is 11.5 Å². The van der Waals surface area contributed by atoms with E-state index in [2.05, 4.69) is 5.32 Å². The predicted molar refractivity (Wildman–Crippen MR) is 99.0 cm³/mol. The maximum atomic E-state index is 13.1. The molecule has 0 unspecified atom stereocenters. The predicted octanol–water partition coefficient (Wildman–Crippen LogP) is 2.74. The Hall–Kier alpha value is -2.81. The number of halogens is 1. The van der Waals surface area contributed by atoms with Crippen molar-refractivity contribution in [3.8, 4) is 11.5 Å². The van der Waals surface area contributed by atoms with Crippen molar-refractivity contribution in [3.05, 3.63) is 48.3 Å². The first kappa shape index (κ1) is 19.0. The minimum absolute atomic E-state index is 0.0904. The van der Waals surface area contributed by atoms with Gasteiger partial charge in [-0.05, 0) is 36.8 Å². The summed E-state index contributed by atoms with van der Waals surface area (Å²) in [4.78, 5) is 12.0. The first-order valence-corrected chi connectivity index (χ1v) is 10.1. The molecule has 9 heteroatoms. The zero-order chi connectivity index (χ0) is 19.4. The van der Waals surface area contributed by atoms with Gasteiger partial charge in [0, 0.05) is 24.7 Å². The van der Waals surface area contributed by atoms with Crippen molar-refractivity contribution in [2.24, 2.45) is 0 Å². The number of carbonyl (C=O) groups is 1. The molecule has 3 rings (SSSR count). The number of carbonyl (C=O) groups excluding carboxylic acids is 1. The summed E-state index contributed by atoms with van der Waals surface area (Å²) in [6.45, 7) is 0.215. The first-order chi connectivity index (χ1) is 12.8. The molecule has 0 saturated heterocycles. The van der Waals surface area contributed by atoms with Crippen LogP contribution in [0.15, 0.2) is 42.5 Å². The summed E-state index contributed by atoms with van der Waals surface area (Å²) >= 11 is 0. The number of hydrogen-bond acceptors (Lipinski definition) is 5. The van der Waals surface area contributed by atoms with Gasteiger partial charge in [-0.3, -0.25) is 9.10 Å². The van der Waals surface area contributed by atoms with Crippen LogP contribution in [0.3, 0.4) is 0 Å². The summed E-state index contributed by atoms with van der Waals surface area (Å²) in [5.41, 5.74) is 0.794. The number of benzene rings is 2. The van der Waals surface area contributed by atoms with E-state index >= 15 is 0 Å². The minimum atomic E-state index is -3.54. The number of nitrogens with zero attached hydrogens (tertiary/aromatic N) is 1. The third-order valence-corrected chi connectivity index (χ3v) is 5.11. The number of rotatable bonds is 7. The van der Waals surface area contributed by atoms with E-state index in [0.29, 0.717) is 29.3 Å². The molecular formula is C18H19FN2O5S. The third-order valence-electron chi connectivity index (χ3n) is 3.92. The molecule has 0 saturated carbocycles. The van der Waals surface area contributed by atoms with E-state index in [1.54, 1.807) is 24.3 Å². The SMILES string of the molecule is CS(=O)(=O)N(CCCC(=O)Nc1cccc(F)c1)c1ccc2c(c1)OCO2. The highest BCUT2D eigenvalue weighted by molar-refractivity contribution is 7.92. The molecule has 0 aliphatic carbocycles. The van der Waals surface area contributed by atoms with Gasteiger partial charge in [0.2, 0.25) is 22.7 Å². The van der Waals surface area contributed by atoms with E-state index in [1.807, 2.05) is 0 Å². The Labute approximate surface area is 156 Å².